The van der Waals surface area contributed by atoms with E-state index in [0.29, 0.717) is 0 Å². The van der Waals surface area contributed by atoms with Gasteiger partial charge in [0.2, 0.25) is 0 Å². The summed E-state index contributed by atoms with van der Waals surface area (Å²) in [6, 6.07) is 19.0. The van der Waals surface area contributed by atoms with Crippen LogP contribution in [-0.4, -0.2) is 0 Å². The van der Waals surface area contributed by atoms with Crippen molar-refractivity contribution in [3.05, 3.63) is 70.7 Å². The summed E-state index contributed by atoms with van der Waals surface area (Å²) >= 11 is 5.90. The normalized spacial score (nSPS) is 10.1. The third kappa shape index (κ3) is 2.36. The highest BCUT2D eigenvalue weighted by atomic mass is 35.5. The topological polar surface area (TPSA) is 0 Å². The van der Waals surface area contributed by atoms with Crippen molar-refractivity contribution in [1.29, 1.82) is 0 Å². The predicted molar refractivity (Wildman–Crippen MR) is 59.5 cm³/mol. The van der Waals surface area contributed by atoms with E-state index in [-0.39, 0.29) is 0 Å². The largest absolute Gasteiger partial charge is 0.0843 e. The van der Waals surface area contributed by atoms with Crippen LogP contribution in [0.5, 0.6) is 0 Å². The zero-order valence-electron chi connectivity index (χ0n) is 7.70. The van der Waals surface area contributed by atoms with E-state index in [1.54, 1.807) is 0 Å². The molecule has 0 saturated heterocycles. The molecule has 0 aliphatic rings. The van der Waals surface area contributed by atoms with E-state index in [1.165, 1.54) is 11.1 Å². The fourth-order valence-corrected chi connectivity index (χ4v) is 1.64. The van der Waals surface area contributed by atoms with E-state index >= 15 is 0 Å². The molecule has 0 N–H and O–H groups in total. The van der Waals surface area contributed by atoms with Crippen molar-refractivity contribution in [2.75, 3.05) is 0 Å². The Morgan fingerprint density at radius 3 is 2.64 bits per heavy atom. The van der Waals surface area contributed by atoms with Crippen LogP contribution >= 0.6 is 11.6 Å². The second-order valence-corrected chi connectivity index (χ2v) is 3.65. The summed E-state index contributed by atoms with van der Waals surface area (Å²) in [5, 5.41) is 0.794. The monoisotopic (exact) mass is 201 g/mol. The lowest BCUT2D eigenvalue weighted by atomic mass is 10.1. The molecule has 0 amide bonds. The van der Waals surface area contributed by atoms with Gasteiger partial charge in [0.05, 0.1) is 0 Å². The molecule has 0 atom stereocenters. The van der Waals surface area contributed by atoms with Gasteiger partial charge in [0.15, 0.2) is 0 Å². The Morgan fingerprint density at radius 1 is 1.07 bits per heavy atom. The quantitative estimate of drug-likeness (QED) is 0.695. The summed E-state index contributed by atoms with van der Waals surface area (Å²) < 4.78 is 0. The third-order valence-electron chi connectivity index (χ3n) is 2.07. The molecule has 0 aromatic heterocycles. The molecule has 2 aromatic rings. The van der Waals surface area contributed by atoms with Crippen molar-refractivity contribution in [2.45, 2.75) is 6.42 Å². The fourth-order valence-electron chi connectivity index (χ4n) is 1.42. The van der Waals surface area contributed by atoms with Gasteiger partial charge in [0.1, 0.15) is 0 Å². The molecule has 14 heavy (non-hydrogen) atoms. The molecule has 1 heteroatoms. The van der Waals surface area contributed by atoms with Crippen LogP contribution in [0, 0.1) is 6.07 Å². The Labute approximate surface area is 89.2 Å². The standard InChI is InChI=1S/C13H10Cl/c14-13-8-4-7-12(10-13)9-11-5-2-1-3-6-11/h1-2,4-8,10H,9H2. The molecule has 0 bridgehead atoms. The third-order valence-corrected chi connectivity index (χ3v) is 2.30. The molecule has 69 valence electrons. The molecule has 1 radical (unpaired) electrons. The number of halogens is 1. The first-order valence-corrected chi connectivity index (χ1v) is 4.92. The summed E-state index contributed by atoms with van der Waals surface area (Å²) in [5.41, 5.74) is 2.49. The Balaban J connectivity index is 2.19. The van der Waals surface area contributed by atoms with Crippen molar-refractivity contribution in [3.8, 4) is 0 Å². The Hall–Kier alpha value is -1.27. The van der Waals surface area contributed by atoms with E-state index in [2.05, 4.69) is 18.2 Å². The number of hydrogen-bond acceptors (Lipinski definition) is 0. The highest BCUT2D eigenvalue weighted by Crippen LogP contribution is 2.14. The number of rotatable bonds is 2. The van der Waals surface area contributed by atoms with Gasteiger partial charge in [-0.25, -0.2) is 0 Å². The van der Waals surface area contributed by atoms with Gasteiger partial charge in [0.25, 0.3) is 0 Å². The predicted octanol–water partition coefficient (Wildman–Crippen LogP) is 3.73. The lowest BCUT2D eigenvalue weighted by Gasteiger charge is -2.01. The van der Waals surface area contributed by atoms with Crippen LogP contribution in [0.1, 0.15) is 11.1 Å². The fraction of sp³-hybridized carbons (Fsp3) is 0.0769. The van der Waals surface area contributed by atoms with Gasteiger partial charge in [0, 0.05) is 5.02 Å². The molecular weight excluding hydrogens is 192 g/mol. The molecule has 0 saturated carbocycles. The molecule has 0 spiro atoms. The Morgan fingerprint density at radius 2 is 1.93 bits per heavy atom. The summed E-state index contributed by atoms with van der Waals surface area (Å²) in [4.78, 5) is 0. The summed E-state index contributed by atoms with van der Waals surface area (Å²) in [6.45, 7) is 0. The number of hydrogen-bond donors (Lipinski definition) is 0. The van der Waals surface area contributed by atoms with E-state index in [1.807, 2.05) is 36.4 Å². The van der Waals surface area contributed by atoms with Crippen molar-refractivity contribution >= 4 is 11.6 Å². The van der Waals surface area contributed by atoms with Gasteiger partial charge in [-0.3, -0.25) is 0 Å². The van der Waals surface area contributed by atoms with E-state index in [0.717, 1.165) is 11.4 Å². The van der Waals surface area contributed by atoms with Gasteiger partial charge >= 0.3 is 0 Å². The minimum Gasteiger partial charge on any atom is -0.0843 e. The Bertz CT molecular complexity index is 407. The van der Waals surface area contributed by atoms with Crippen LogP contribution in [0.4, 0.5) is 0 Å². The van der Waals surface area contributed by atoms with Crippen molar-refractivity contribution in [1.82, 2.24) is 0 Å². The first-order valence-electron chi connectivity index (χ1n) is 4.54. The van der Waals surface area contributed by atoms with Crippen LogP contribution in [0.25, 0.3) is 0 Å². The number of benzene rings is 2. The summed E-state index contributed by atoms with van der Waals surface area (Å²) in [5.74, 6) is 0. The molecule has 0 aliphatic heterocycles. The molecule has 0 unspecified atom stereocenters. The van der Waals surface area contributed by atoms with E-state index in [9.17, 15) is 0 Å². The van der Waals surface area contributed by atoms with Crippen molar-refractivity contribution < 1.29 is 0 Å². The molecule has 0 heterocycles. The molecule has 0 aliphatic carbocycles. The van der Waals surface area contributed by atoms with Crippen LogP contribution in [0.2, 0.25) is 5.02 Å². The molecule has 2 rings (SSSR count). The van der Waals surface area contributed by atoms with Gasteiger partial charge in [-0.15, -0.1) is 0 Å². The van der Waals surface area contributed by atoms with Gasteiger partial charge in [-0.1, -0.05) is 48.0 Å². The van der Waals surface area contributed by atoms with E-state index < -0.39 is 0 Å². The minimum atomic E-state index is 0.794. The molecule has 0 fully saturated rings. The minimum absolute atomic E-state index is 0.794. The van der Waals surface area contributed by atoms with Crippen LogP contribution < -0.4 is 0 Å². The molecular formula is C13H10Cl. The highest BCUT2D eigenvalue weighted by Gasteiger charge is 1.95. The van der Waals surface area contributed by atoms with E-state index in [4.69, 9.17) is 11.6 Å². The lowest BCUT2D eigenvalue weighted by molar-refractivity contribution is 1.19. The molecule has 0 nitrogen and oxygen atoms in total. The average molecular weight is 202 g/mol. The van der Waals surface area contributed by atoms with Gasteiger partial charge in [-0.05, 0) is 35.7 Å². The first-order chi connectivity index (χ1) is 6.84. The molecule has 2 aromatic carbocycles. The van der Waals surface area contributed by atoms with Gasteiger partial charge in [-0.2, -0.15) is 0 Å². The Kier molecular flexibility index (Phi) is 2.85. The maximum atomic E-state index is 5.90. The average Bonchev–Trinajstić information content (AvgIpc) is 2.19. The summed E-state index contributed by atoms with van der Waals surface area (Å²) in [7, 11) is 0. The van der Waals surface area contributed by atoms with Gasteiger partial charge < -0.3 is 0 Å². The second-order valence-electron chi connectivity index (χ2n) is 3.22. The van der Waals surface area contributed by atoms with Crippen LogP contribution in [-0.2, 0) is 6.42 Å². The smallest absolute Gasteiger partial charge is 0.0408 e. The van der Waals surface area contributed by atoms with Crippen molar-refractivity contribution in [3.63, 3.8) is 0 Å². The summed E-state index contributed by atoms with van der Waals surface area (Å²) in [6.07, 6.45) is 0.915. The first kappa shape index (κ1) is 9.29. The zero-order valence-corrected chi connectivity index (χ0v) is 8.46. The highest BCUT2D eigenvalue weighted by molar-refractivity contribution is 6.30. The van der Waals surface area contributed by atoms with Crippen LogP contribution in [0.3, 0.4) is 0 Å². The van der Waals surface area contributed by atoms with Crippen LogP contribution in [0.15, 0.2) is 48.5 Å². The second kappa shape index (κ2) is 4.30. The maximum absolute atomic E-state index is 5.90. The van der Waals surface area contributed by atoms with Crippen molar-refractivity contribution in [2.24, 2.45) is 0 Å². The lowest BCUT2D eigenvalue weighted by Crippen LogP contribution is -1.86. The maximum Gasteiger partial charge on any atom is 0.0408 e. The SMILES string of the molecule is Clc1cccc(Cc2c[c]ccc2)c1. The zero-order chi connectivity index (χ0) is 9.80.